The number of carbonyl (C=O) groups excluding carboxylic acids is 1. The van der Waals surface area contributed by atoms with Gasteiger partial charge in [-0.3, -0.25) is 4.79 Å². The van der Waals surface area contributed by atoms with Crippen molar-refractivity contribution < 1.29 is 21.6 Å². The number of sulfonamides is 2. The van der Waals surface area contributed by atoms with Crippen LogP contribution in [0.2, 0.25) is 5.02 Å². The Kier molecular flexibility index (Phi) is 9.84. The third-order valence-electron chi connectivity index (χ3n) is 6.41. The van der Waals surface area contributed by atoms with Gasteiger partial charge in [0, 0.05) is 35.7 Å². The van der Waals surface area contributed by atoms with E-state index < -0.39 is 26.0 Å². The monoisotopic (exact) mass is 653 g/mol. The minimum absolute atomic E-state index is 0.00403. The highest BCUT2D eigenvalue weighted by Gasteiger charge is 2.28. The van der Waals surface area contributed by atoms with E-state index in [-0.39, 0.29) is 29.4 Å². The van der Waals surface area contributed by atoms with Gasteiger partial charge < -0.3 is 5.32 Å². The van der Waals surface area contributed by atoms with E-state index in [1.54, 1.807) is 60.7 Å². The number of hydrogen-bond donors (Lipinski definition) is 1. The van der Waals surface area contributed by atoms with Gasteiger partial charge in [0.1, 0.15) is 0 Å². The number of carbonyl (C=O) groups is 1. The van der Waals surface area contributed by atoms with Crippen LogP contribution in [0.5, 0.6) is 0 Å². The lowest BCUT2D eigenvalue weighted by molar-refractivity contribution is -0.121. The van der Waals surface area contributed by atoms with Crippen LogP contribution >= 0.6 is 27.5 Å². The largest absolute Gasteiger partial charge is 0.355 e. The highest BCUT2D eigenvalue weighted by atomic mass is 79.9. The van der Waals surface area contributed by atoms with E-state index >= 15 is 0 Å². The third-order valence-corrected chi connectivity index (χ3v) is 10.9. The van der Waals surface area contributed by atoms with Gasteiger partial charge in [0.25, 0.3) is 0 Å². The van der Waals surface area contributed by atoms with Crippen LogP contribution in [0, 0.1) is 0 Å². The molecular weight excluding hydrogens is 626 g/mol. The van der Waals surface area contributed by atoms with E-state index in [4.69, 9.17) is 11.6 Å². The minimum Gasteiger partial charge on any atom is -0.355 e. The van der Waals surface area contributed by atoms with E-state index in [0.29, 0.717) is 30.1 Å². The number of hydrogen-bond acceptors (Lipinski definition) is 5. The summed E-state index contributed by atoms with van der Waals surface area (Å²) >= 11 is 9.28. The summed E-state index contributed by atoms with van der Waals surface area (Å²) in [6, 6.07) is 19.7. The fourth-order valence-electron chi connectivity index (χ4n) is 4.24. The fraction of sp³-hybridized carbons (Fsp3) is 0.296. The molecule has 1 heterocycles. The second-order valence-electron chi connectivity index (χ2n) is 9.21. The molecule has 0 aliphatic carbocycles. The number of halogens is 2. The van der Waals surface area contributed by atoms with Crippen LogP contribution in [0.3, 0.4) is 0 Å². The summed E-state index contributed by atoms with van der Waals surface area (Å²) in [5, 5.41) is 3.31. The Morgan fingerprint density at radius 3 is 2.03 bits per heavy atom. The van der Waals surface area contributed by atoms with Crippen molar-refractivity contribution in [3.63, 3.8) is 0 Å². The minimum atomic E-state index is -3.97. The van der Waals surface area contributed by atoms with Gasteiger partial charge in [-0.05, 0) is 78.9 Å². The van der Waals surface area contributed by atoms with Gasteiger partial charge in [-0.1, -0.05) is 51.8 Å². The molecule has 0 saturated carbocycles. The molecule has 1 aliphatic rings. The van der Waals surface area contributed by atoms with Crippen molar-refractivity contribution in [2.24, 2.45) is 0 Å². The summed E-state index contributed by atoms with van der Waals surface area (Å²) in [5.74, 6) is -0.446. The second-order valence-corrected chi connectivity index (χ2v) is 14.4. The molecule has 3 aromatic carbocycles. The lowest BCUT2D eigenvalue weighted by atomic mass is 10.1. The molecule has 12 heteroatoms. The van der Waals surface area contributed by atoms with Crippen molar-refractivity contribution in [2.45, 2.75) is 35.6 Å². The Bertz CT molecular complexity index is 1490. The Morgan fingerprint density at radius 1 is 0.846 bits per heavy atom. The van der Waals surface area contributed by atoms with Gasteiger partial charge in [-0.25, -0.2) is 16.8 Å². The zero-order chi connectivity index (χ0) is 28.0. The third kappa shape index (κ3) is 7.68. The number of nitrogens with one attached hydrogen (secondary N) is 1. The quantitative estimate of drug-likeness (QED) is 0.330. The second kappa shape index (κ2) is 12.9. The number of amides is 1. The summed E-state index contributed by atoms with van der Waals surface area (Å²) in [4.78, 5) is 13.2. The van der Waals surface area contributed by atoms with Crippen LogP contribution in [0.15, 0.2) is 87.1 Å². The summed E-state index contributed by atoms with van der Waals surface area (Å²) in [6.45, 7) is 0.986. The summed E-state index contributed by atoms with van der Waals surface area (Å²) < 4.78 is 55.6. The Hall–Kier alpha value is -2.28. The average Bonchev–Trinajstić information content (AvgIpc) is 3.46. The molecule has 8 nitrogen and oxygen atoms in total. The fourth-order valence-corrected chi connectivity index (χ4v) is 7.53. The first-order valence-electron chi connectivity index (χ1n) is 12.4. The molecule has 1 aliphatic heterocycles. The Labute approximate surface area is 243 Å². The van der Waals surface area contributed by atoms with Crippen LogP contribution in [0.25, 0.3) is 0 Å². The van der Waals surface area contributed by atoms with Gasteiger partial charge in [-0.15, -0.1) is 0 Å². The first kappa shape index (κ1) is 29.7. The molecule has 3 aromatic rings. The lowest BCUT2D eigenvalue weighted by Gasteiger charge is -2.22. The maximum Gasteiger partial charge on any atom is 0.243 e. The first-order chi connectivity index (χ1) is 18.6. The molecule has 0 aromatic heterocycles. The van der Waals surface area contributed by atoms with Crippen molar-refractivity contribution in [1.82, 2.24) is 13.9 Å². The molecule has 0 spiro atoms. The normalized spacial score (nSPS) is 14.5. The van der Waals surface area contributed by atoms with E-state index in [9.17, 15) is 21.6 Å². The number of rotatable bonds is 11. The van der Waals surface area contributed by atoms with Crippen LogP contribution in [0.1, 0.15) is 24.0 Å². The smallest absolute Gasteiger partial charge is 0.243 e. The van der Waals surface area contributed by atoms with E-state index in [0.717, 1.165) is 27.2 Å². The average molecular weight is 655 g/mol. The predicted octanol–water partition coefficient (Wildman–Crippen LogP) is 4.44. The number of nitrogens with zero attached hydrogens (tertiary/aromatic N) is 2. The molecule has 0 unspecified atom stereocenters. The molecule has 0 radical (unpaired) electrons. The predicted molar refractivity (Wildman–Crippen MR) is 154 cm³/mol. The van der Waals surface area contributed by atoms with Crippen molar-refractivity contribution in [3.05, 3.63) is 93.4 Å². The van der Waals surface area contributed by atoms with Gasteiger partial charge in [-0.2, -0.15) is 8.61 Å². The standard InChI is InChI=1S/C27H29BrClN3O5S2/c28-23-7-13-26(14-8-23)39(36,37)32(19-22-3-9-24(29)10-4-22)20-27(33)30-16-15-21-5-11-25(12-6-21)38(34,35)31-17-1-2-18-31/h3-14H,1-2,15-20H2,(H,30,33). The first-order valence-corrected chi connectivity index (χ1v) is 16.5. The maximum absolute atomic E-state index is 13.4. The molecule has 4 rings (SSSR count). The zero-order valence-corrected chi connectivity index (χ0v) is 25.1. The summed E-state index contributed by atoms with van der Waals surface area (Å²) in [7, 11) is -7.45. The molecule has 0 atom stereocenters. The zero-order valence-electron chi connectivity index (χ0n) is 21.1. The molecular formula is C27H29BrClN3O5S2. The van der Waals surface area contributed by atoms with Crippen LogP contribution in [-0.4, -0.2) is 57.5 Å². The summed E-state index contributed by atoms with van der Waals surface area (Å²) in [6.07, 6.45) is 2.21. The van der Waals surface area contributed by atoms with E-state index in [1.165, 1.54) is 16.4 Å². The molecule has 39 heavy (non-hydrogen) atoms. The van der Waals surface area contributed by atoms with E-state index in [2.05, 4.69) is 21.2 Å². The van der Waals surface area contributed by atoms with Gasteiger partial charge in [0.05, 0.1) is 16.3 Å². The number of benzene rings is 3. The molecule has 1 N–H and O–H groups in total. The van der Waals surface area contributed by atoms with Crippen LogP contribution in [-0.2, 0) is 37.8 Å². The van der Waals surface area contributed by atoms with Crippen molar-refractivity contribution >= 4 is 53.5 Å². The topological polar surface area (TPSA) is 104 Å². The van der Waals surface area contributed by atoms with Crippen LogP contribution < -0.4 is 5.32 Å². The highest BCUT2D eigenvalue weighted by molar-refractivity contribution is 9.10. The van der Waals surface area contributed by atoms with Gasteiger partial charge in [0.15, 0.2) is 0 Å². The van der Waals surface area contributed by atoms with Crippen LogP contribution in [0.4, 0.5) is 0 Å². The van der Waals surface area contributed by atoms with Gasteiger partial charge in [0.2, 0.25) is 26.0 Å². The molecule has 0 bridgehead atoms. The van der Waals surface area contributed by atoms with Gasteiger partial charge >= 0.3 is 0 Å². The summed E-state index contributed by atoms with van der Waals surface area (Å²) in [5.41, 5.74) is 1.55. The molecule has 1 fully saturated rings. The van der Waals surface area contributed by atoms with Crippen molar-refractivity contribution in [1.29, 1.82) is 0 Å². The lowest BCUT2D eigenvalue weighted by Crippen LogP contribution is -2.40. The maximum atomic E-state index is 13.4. The SMILES string of the molecule is O=C(CN(Cc1ccc(Cl)cc1)S(=O)(=O)c1ccc(Br)cc1)NCCc1ccc(S(=O)(=O)N2CCCC2)cc1. The van der Waals surface area contributed by atoms with E-state index in [1.807, 2.05) is 0 Å². The Morgan fingerprint density at radius 2 is 1.41 bits per heavy atom. The molecule has 1 amide bonds. The Balaban J connectivity index is 1.39. The van der Waals surface area contributed by atoms with Crippen molar-refractivity contribution in [2.75, 3.05) is 26.2 Å². The molecule has 1 saturated heterocycles. The molecule has 208 valence electrons. The highest BCUT2D eigenvalue weighted by Crippen LogP contribution is 2.23. The van der Waals surface area contributed by atoms with Crippen molar-refractivity contribution in [3.8, 4) is 0 Å².